The minimum atomic E-state index is -0.104. The zero-order chi connectivity index (χ0) is 40.6. The summed E-state index contributed by atoms with van der Waals surface area (Å²) in [4.78, 5) is 34.2. The molecule has 11 rings (SSSR count). The second kappa shape index (κ2) is 13.7. The predicted molar refractivity (Wildman–Crippen MR) is 249 cm³/mol. The van der Waals surface area contributed by atoms with E-state index in [0.29, 0.717) is 16.8 Å². The molecule has 0 atom stereocenters. The van der Waals surface area contributed by atoms with Crippen molar-refractivity contribution in [3.8, 4) is 44.5 Å². The summed E-state index contributed by atoms with van der Waals surface area (Å²) in [5.41, 5.74) is 19.1. The molecule has 2 aliphatic heterocycles. The van der Waals surface area contributed by atoms with Crippen molar-refractivity contribution in [3.05, 3.63) is 190 Å². The van der Waals surface area contributed by atoms with E-state index < -0.39 is 0 Å². The number of benzene rings is 6. The van der Waals surface area contributed by atoms with Crippen molar-refractivity contribution in [1.29, 1.82) is 0 Å². The number of rotatable bonds is 4. The molecule has 0 aliphatic carbocycles. The number of carbonyl (C=O) groups is 1. The molecule has 0 amide bonds. The molecule has 2 N–H and O–H groups in total. The number of ketones is 1. The number of aromatic amines is 2. The van der Waals surface area contributed by atoms with Gasteiger partial charge in [0, 0.05) is 49.7 Å². The van der Waals surface area contributed by atoms with E-state index >= 15 is 4.79 Å². The van der Waals surface area contributed by atoms with E-state index in [1.807, 2.05) is 18.2 Å². The Labute approximate surface area is 347 Å². The number of nitrogens with one attached hydrogen (secondary N) is 2. The Morgan fingerprint density at radius 2 is 0.867 bits per heavy atom. The molecule has 0 spiro atoms. The molecule has 9 aromatic rings. The van der Waals surface area contributed by atoms with Gasteiger partial charge in [-0.2, -0.15) is 0 Å². The van der Waals surface area contributed by atoms with Crippen molar-refractivity contribution in [1.82, 2.24) is 19.9 Å². The molecule has 3 aromatic heterocycles. The standard InChI is InChI=1S/C55H40N4O/c1-31-10-17-36(18-11-31)48-41-24-25-42(56-41)49(37-19-12-32(2)13-20-37)44-27-29-46(58-44)51-39-23-16-34(4)30-40(39)47(35-8-6-5-7-9-35)52-53(51)59-54(55(52)60)50(45-28-26-43(48)57-45)38-21-14-33(3)15-22-38/h5-30,57-58H,1-4H3. The fourth-order valence-corrected chi connectivity index (χ4v) is 9.03. The minimum Gasteiger partial charge on any atom is -0.354 e. The van der Waals surface area contributed by atoms with Crippen LogP contribution in [-0.4, -0.2) is 25.7 Å². The van der Waals surface area contributed by atoms with Gasteiger partial charge in [-0.25, -0.2) is 9.97 Å². The average molecular weight is 773 g/mol. The maximum atomic E-state index is 15.6. The molecular formula is C55H40N4O. The highest BCUT2D eigenvalue weighted by Crippen LogP contribution is 2.45. The van der Waals surface area contributed by atoms with E-state index in [0.717, 1.165) is 105 Å². The van der Waals surface area contributed by atoms with Crippen LogP contribution >= 0.6 is 0 Å². The molecule has 6 aromatic carbocycles. The summed E-state index contributed by atoms with van der Waals surface area (Å²) in [6.07, 6.45) is 4.25. The summed E-state index contributed by atoms with van der Waals surface area (Å²) < 4.78 is 0. The lowest BCUT2D eigenvalue weighted by atomic mass is 9.87. The van der Waals surface area contributed by atoms with Gasteiger partial charge < -0.3 is 9.97 Å². The molecule has 0 fully saturated rings. The SMILES string of the molecule is Cc1ccc(-c2c3nc(c(-c4ccc(C)cc4)c4ccc([nH]4)c4c5nc(c(-c6ccc(C)cc6)c6ccc2[nH]6)C(=O)c5c(-c2ccccc2)c2cc(C)ccc24)C=C3)cc1. The minimum absolute atomic E-state index is 0.104. The molecule has 5 heterocycles. The van der Waals surface area contributed by atoms with Gasteiger partial charge >= 0.3 is 0 Å². The van der Waals surface area contributed by atoms with Crippen LogP contribution in [0.3, 0.4) is 0 Å². The Kier molecular flexibility index (Phi) is 8.14. The van der Waals surface area contributed by atoms with E-state index in [1.165, 1.54) is 11.1 Å². The topological polar surface area (TPSA) is 74.4 Å². The van der Waals surface area contributed by atoms with Crippen LogP contribution < -0.4 is 0 Å². The van der Waals surface area contributed by atoms with E-state index in [-0.39, 0.29) is 5.78 Å². The van der Waals surface area contributed by atoms with Gasteiger partial charge in [-0.15, -0.1) is 0 Å². The van der Waals surface area contributed by atoms with Crippen LogP contribution in [0.1, 0.15) is 49.7 Å². The lowest BCUT2D eigenvalue weighted by Gasteiger charge is -2.14. The highest BCUT2D eigenvalue weighted by atomic mass is 16.1. The van der Waals surface area contributed by atoms with Gasteiger partial charge in [0.25, 0.3) is 0 Å². The Balaban J connectivity index is 1.39. The molecule has 8 bridgehead atoms. The lowest BCUT2D eigenvalue weighted by molar-refractivity contribution is 0.104. The van der Waals surface area contributed by atoms with Gasteiger partial charge in [0.05, 0.1) is 22.5 Å². The first-order chi connectivity index (χ1) is 29.3. The number of nitrogens with zero attached hydrogens (tertiary/aromatic N) is 2. The summed E-state index contributed by atoms with van der Waals surface area (Å²) in [6, 6.07) is 50.9. The summed E-state index contributed by atoms with van der Waals surface area (Å²) >= 11 is 0. The number of hydrogen-bond donors (Lipinski definition) is 2. The molecular weight excluding hydrogens is 733 g/mol. The fourth-order valence-electron chi connectivity index (χ4n) is 9.03. The third-order valence-corrected chi connectivity index (χ3v) is 12.0. The summed E-state index contributed by atoms with van der Waals surface area (Å²) in [5.74, 6) is -0.104. The van der Waals surface area contributed by atoms with E-state index in [9.17, 15) is 0 Å². The van der Waals surface area contributed by atoms with Gasteiger partial charge in [0.2, 0.25) is 5.78 Å². The largest absolute Gasteiger partial charge is 0.354 e. The Morgan fingerprint density at radius 3 is 1.43 bits per heavy atom. The van der Waals surface area contributed by atoms with Crippen molar-refractivity contribution >= 4 is 61.7 Å². The number of H-pyrrole nitrogens is 2. The van der Waals surface area contributed by atoms with Crippen molar-refractivity contribution in [3.63, 3.8) is 0 Å². The normalized spacial score (nSPS) is 12.3. The summed E-state index contributed by atoms with van der Waals surface area (Å²) in [5, 5.41) is 2.93. The Bertz CT molecular complexity index is 3440. The number of carbonyl (C=O) groups excluding carboxylic acids is 1. The molecule has 2 aliphatic rings. The van der Waals surface area contributed by atoms with Crippen LogP contribution in [-0.2, 0) is 0 Å². The van der Waals surface area contributed by atoms with Gasteiger partial charge in [-0.3, -0.25) is 4.79 Å². The highest BCUT2D eigenvalue weighted by molar-refractivity contribution is 6.32. The lowest BCUT2D eigenvalue weighted by Crippen LogP contribution is -2.02. The van der Waals surface area contributed by atoms with Crippen LogP contribution in [0, 0.1) is 27.7 Å². The summed E-state index contributed by atoms with van der Waals surface area (Å²) in [7, 11) is 0. The van der Waals surface area contributed by atoms with Gasteiger partial charge in [0.15, 0.2) is 0 Å². The van der Waals surface area contributed by atoms with E-state index in [4.69, 9.17) is 9.97 Å². The molecule has 60 heavy (non-hydrogen) atoms. The number of aryl methyl sites for hydroxylation is 4. The number of fused-ring (bicyclic) bond motifs is 10. The molecule has 0 saturated carbocycles. The van der Waals surface area contributed by atoms with Crippen LogP contribution in [0.5, 0.6) is 0 Å². The van der Waals surface area contributed by atoms with Crippen molar-refractivity contribution in [2.24, 2.45) is 0 Å². The van der Waals surface area contributed by atoms with Crippen LogP contribution in [0.2, 0.25) is 0 Å². The highest BCUT2D eigenvalue weighted by Gasteiger charge is 2.31. The zero-order valence-corrected chi connectivity index (χ0v) is 33.8. The first kappa shape index (κ1) is 35.5. The van der Waals surface area contributed by atoms with E-state index in [1.54, 1.807) is 0 Å². The van der Waals surface area contributed by atoms with Crippen LogP contribution in [0.25, 0.3) is 100 Å². The maximum Gasteiger partial charge on any atom is 0.214 e. The van der Waals surface area contributed by atoms with Crippen molar-refractivity contribution < 1.29 is 4.79 Å². The second-order valence-corrected chi connectivity index (χ2v) is 16.2. The first-order valence-corrected chi connectivity index (χ1v) is 20.4. The molecule has 5 nitrogen and oxygen atoms in total. The van der Waals surface area contributed by atoms with Gasteiger partial charge in [-0.05, 0) is 97.1 Å². The first-order valence-electron chi connectivity index (χ1n) is 20.4. The van der Waals surface area contributed by atoms with E-state index in [2.05, 4.69) is 177 Å². The molecule has 5 heteroatoms. The number of hydrogen-bond acceptors (Lipinski definition) is 3. The third-order valence-electron chi connectivity index (χ3n) is 12.0. The van der Waals surface area contributed by atoms with Gasteiger partial charge in [0.1, 0.15) is 5.69 Å². The zero-order valence-electron chi connectivity index (χ0n) is 33.8. The summed E-state index contributed by atoms with van der Waals surface area (Å²) in [6.45, 7) is 8.40. The van der Waals surface area contributed by atoms with Gasteiger partial charge in [-0.1, -0.05) is 144 Å². The van der Waals surface area contributed by atoms with Crippen molar-refractivity contribution in [2.45, 2.75) is 27.7 Å². The fraction of sp³-hybridized carbons (Fsp3) is 0.0727. The average Bonchev–Trinajstić information content (AvgIpc) is 4.09. The molecule has 0 radical (unpaired) electrons. The Morgan fingerprint density at radius 1 is 0.400 bits per heavy atom. The van der Waals surface area contributed by atoms with Crippen molar-refractivity contribution in [2.75, 3.05) is 0 Å². The van der Waals surface area contributed by atoms with Crippen LogP contribution in [0.4, 0.5) is 0 Å². The molecule has 0 saturated heterocycles. The smallest absolute Gasteiger partial charge is 0.214 e. The number of aromatic nitrogens is 4. The third kappa shape index (κ3) is 5.73. The quantitative estimate of drug-likeness (QED) is 0.187. The van der Waals surface area contributed by atoms with Crippen LogP contribution in [0.15, 0.2) is 146 Å². The maximum absolute atomic E-state index is 15.6. The second-order valence-electron chi connectivity index (χ2n) is 16.2. The predicted octanol–water partition coefficient (Wildman–Crippen LogP) is 13.9. The molecule has 0 unspecified atom stereocenters. The monoisotopic (exact) mass is 772 g/mol. The Hall–Kier alpha value is -7.63. The molecule has 286 valence electrons.